The summed E-state index contributed by atoms with van der Waals surface area (Å²) in [5.74, 6) is 1.16. The Balaban J connectivity index is 1.98. The highest BCUT2D eigenvalue weighted by molar-refractivity contribution is 6.58. The molecule has 0 amide bonds. The van der Waals surface area contributed by atoms with Gasteiger partial charge in [-0.05, 0) is 30.4 Å². The van der Waals surface area contributed by atoms with E-state index in [0.29, 0.717) is 11.4 Å². The Morgan fingerprint density at radius 2 is 1.95 bits per heavy atom. The molecule has 7 heteroatoms. The van der Waals surface area contributed by atoms with Crippen molar-refractivity contribution >= 4 is 18.4 Å². The van der Waals surface area contributed by atoms with Gasteiger partial charge in [0.1, 0.15) is 5.82 Å². The molecule has 1 aromatic heterocycles. The molecule has 1 aromatic rings. The molecule has 0 aliphatic carbocycles. The largest absolute Gasteiger partial charge is 0.488 e. The molecule has 0 bridgehead atoms. The third-order valence-corrected chi connectivity index (χ3v) is 3.78. The summed E-state index contributed by atoms with van der Waals surface area (Å²) in [4.78, 5) is 6.44. The molecular weight excluding hydrogens is 259 g/mol. The number of aromatic nitrogens is 1. The average Bonchev–Trinajstić information content (AvgIpc) is 2.49. The number of piperidine rings is 1. The molecule has 110 valence electrons. The van der Waals surface area contributed by atoms with Crippen LogP contribution in [0, 0.1) is 5.92 Å². The summed E-state index contributed by atoms with van der Waals surface area (Å²) in [7, 11) is 1.86. The van der Waals surface area contributed by atoms with E-state index in [-0.39, 0.29) is 6.29 Å². The van der Waals surface area contributed by atoms with E-state index in [4.69, 9.17) is 9.47 Å². The van der Waals surface area contributed by atoms with Crippen LogP contribution < -0.4 is 10.4 Å². The summed E-state index contributed by atoms with van der Waals surface area (Å²) in [6, 6.07) is 3.32. The first-order chi connectivity index (χ1) is 9.65. The molecule has 1 aliphatic heterocycles. The summed E-state index contributed by atoms with van der Waals surface area (Å²) < 4.78 is 10.6. The number of ether oxygens (including phenoxy) is 2. The zero-order valence-corrected chi connectivity index (χ0v) is 11.9. The zero-order chi connectivity index (χ0) is 14.5. The van der Waals surface area contributed by atoms with Crippen LogP contribution in [0.1, 0.15) is 12.8 Å². The van der Waals surface area contributed by atoms with Crippen molar-refractivity contribution in [3.05, 3.63) is 18.3 Å². The van der Waals surface area contributed by atoms with E-state index in [9.17, 15) is 10.0 Å². The van der Waals surface area contributed by atoms with Gasteiger partial charge in [-0.15, -0.1) is 0 Å². The molecule has 2 N–H and O–H groups in total. The lowest BCUT2D eigenvalue weighted by molar-refractivity contribution is -0.141. The number of nitrogens with zero attached hydrogens (tertiary/aromatic N) is 2. The van der Waals surface area contributed by atoms with Gasteiger partial charge in [0, 0.05) is 39.4 Å². The molecular formula is C13H21BN2O4. The molecule has 20 heavy (non-hydrogen) atoms. The molecule has 2 rings (SSSR count). The van der Waals surface area contributed by atoms with Crippen molar-refractivity contribution in [3.63, 3.8) is 0 Å². The normalized spacial score (nSPS) is 16.8. The highest BCUT2D eigenvalue weighted by Crippen LogP contribution is 2.25. The van der Waals surface area contributed by atoms with Gasteiger partial charge in [-0.25, -0.2) is 4.98 Å². The number of pyridine rings is 1. The van der Waals surface area contributed by atoms with Crippen molar-refractivity contribution in [1.29, 1.82) is 0 Å². The average molecular weight is 280 g/mol. The first kappa shape index (κ1) is 15.2. The van der Waals surface area contributed by atoms with Crippen molar-refractivity contribution in [3.8, 4) is 0 Å². The van der Waals surface area contributed by atoms with E-state index >= 15 is 0 Å². The maximum Gasteiger partial charge on any atom is 0.488 e. The second-order valence-corrected chi connectivity index (χ2v) is 4.99. The predicted molar refractivity (Wildman–Crippen MR) is 76.8 cm³/mol. The van der Waals surface area contributed by atoms with Gasteiger partial charge in [-0.3, -0.25) is 0 Å². The Hall–Kier alpha value is -1.15. The van der Waals surface area contributed by atoms with Crippen LogP contribution in [0.5, 0.6) is 0 Å². The minimum atomic E-state index is -1.46. The lowest BCUT2D eigenvalue weighted by Crippen LogP contribution is -2.40. The number of anilines is 1. The minimum Gasteiger partial charge on any atom is -0.423 e. The van der Waals surface area contributed by atoms with Crippen LogP contribution in [-0.2, 0) is 9.47 Å². The predicted octanol–water partition coefficient (Wildman–Crippen LogP) is -0.403. The van der Waals surface area contributed by atoms with Gasteiger partial charge in [-0.2, -0.15) is 0 Å². The third-order valence-electron chi connectivity index (χ3n) is 3.78. The van der Waals surface area contributed by atoms with Gasteiger partial charge < -0.3 is 24.4 Å². The number of hydrogen-bond donors (Lipinski definition) is 2. The molecule has 0 aromatic carbocycles. The molecule has 0 atom stereocenters. The summed E-state index contributed by atoms with van der Waals surface area (Å²) in [5, 5.41) is 18.4. The van der Waals surface area contributed by atoms with E-state index in [0.717, 1.165) is 31.7 Å². The fourth-order valence-corrected chi connectivity index (χ4v) is 2.65. The van der Waals surface area contributed by atoms with E-state index in [1.165, 1.54) is 0 Å². The van der Waals surface area contributed by atoms with Gasteiger partial charge in [0.25, 0.3) is 0 Å². The topological polar surface area (TPSA) is 75.1 Å². The first-order valence-corrected chi connectivity index (χ1v) is 6.78. The Kier molecular flexibility index (Phi) is 5.36. The van der Waals surface area contributed by atoms with E-state index in [1.54, 1.807) is 32.5 Å². The maximum atomic E-state index is 9.20. The van der Waals surface area contributed by atoms with Gasteiger partial charge in [-0.1, -0.05) is 0 Å². The quantitative estimate of drug-likeness (QED) is 0.564. The summed E-state index contributed by atoms with van der Waals surface area (Å²) in [5.41, 5.74) is 0.462. The van der Waals surface area contributed by atoms with Crippen molar-refractivity contribution in [2.75, 3.05) is 32.2 Å². The first-order valence-electron chi connectivity index (χ1n) is 6.78. The highest BCUT2D eigenvalue weighted by Gasteiger charge is 2.27. The zero-order valence-electron chi connectivity index (χ0n) is 11.9. The van der Waals surface area contributed by atoms with Crippen molar-refractivity contribution in [1.82, 2.24) is 4.98 Å². The smallest absolute Gasteiger partial charge is 0.423 e. The molecule has 6 nitrogen and oxygen atoms in total. The van der Waals surface area contributed by atoms with Crippen LogP contribution in [0.4, 0.5) is 5.82 Å². The van der Waals surface area contributed by atoms with Crippen molar-refractivity contribution < 1.29 is 19.5 Å². The standard InChI is InChI=1S/C13H21BN2O4/c1-19-13(20-2)10-4-7-16(8-5-10)12-9-11(14(17)18)3-6-15-12/h3,6,9-10,13,17-18H,4-5,7-8H2,1-2H3. The monoisotopic (exact) mass is 280 g/mol. The van der Waals surface area contributed by atoms with Crippen LogP contribution in [0.2, 0.25) is 0 Å². The molecule has 1 aliphatic rings. The van der Waals surface area contributed by atoms with Crippen molar-refractivity contribution in [2.45, 2.75) is 19.1 Å². The number of hydrogen-bond acceptors (Lipinski definition) is 6. The molecule has 0 unspecified atom stereocenters. The minimum absolute atomic E-state index is 0.157. The van der Waals surface area contributed by atoms with Crippen LogP contribution in [0.25, 0.3) is 0 Å². The summed E-state index contributed by atoms with van der Waals surface area (Å²) in [6.45, 7) is 1.71. The summed E-state index contributed by atoms with van der Waals surface area (Å²) in [6.07, 6.45) is 3.36. The maximum absolute atomic E-state index is 9.20. The van der Waals surface area contributed by atoms with Gasteiger partial charge in [0.15, 0.2) is 6.29 Å². The fraction of sp³-hybridized carbons (Fsp3) is 0.615. The van der Waals surface area contributed by atoms with Crippen LogP contribution >= 0.6 is 0 Å². The number of methoxy groups -OCH3 is 2. The van der Waals surface area contributed by atoms with Gasteiger partial charge in [0.2, 0.25) is 0 Å². The summed E-state index contributed by atoms with van der Waals surface area (Å²) >= 11 is 0. The third kappa shape index (κ3) is 3.49. The van der Waals surface area contributed by atoms with Crippen LogP contribution in [0.15, 0.2) is 18.3 Å². The van der Waals surface area contributed by atoms with Crippen LogP contribution in [-0.4, -0.2) is 55.7 Å². The van der Waals surface area contributed by atoms with E-state index in [2.05, 4.69) is 9.88 Å². The molecule has 0 spiro atoms. The second kappa shape index (κ2) is 7.03. The highest BCUT2D eigenvalue weighted by atomic mass is 16.7. The van der Waals surface area contributed by atoms with Crippen LogP contribution in [0.3, 0.4) is 0 Å². The Morgan fingerprint density at radius 3 is 2.50 bits per heavy atom. The fourth-order valence-electron chi connectivity index (χ4n) is 2.65. The van der Waals surface area contributed by atoms with E-state index in [1.807, 2.05) is 0 Å². The molecule has 2 heterocycles. The Bertz CT molecular complexity index is 421. The lowest BCUT2D eigenvalue weighted by atomic mass is 9.81. The number of rotatable bonds is 5. The molecule has 1 fully saturated rings. The molecule has 1 saturated heterocycles. The van der Waals surface area contributed by atoms with Crippen molar-refractivity contribution in [2.24, 2.45) is 5.92 Å². The lowest BCUT2D eigenvalue weighted by Gasteiger charge is -2.35. The van der Waals surface area contributed by atoms with Gasteiger partial charge in [0.05, 0.1) is 0 Å². The second-order valence-electron chi connectivity index (χ2n) is 4.99. The van der Waals surface area contributed by atoms with E-state index < -0.39 is 7.12 Å². The van der Waals surface area contributed by atoms with Gasteiger partial charge >= 0.3 is 7.12 Å². The molecule has 0 saturated carbocycles. The molecule has 0 radical (unpaired) electrons. The Labute approximate surface area is 119 Å². The SMILES string of the molecule is COC(OC)C1CCN(c2cc(B(O)O)ccn2)CC1. The Morgan fingerprint density at radius 1 is 1.30 bits per heavy atom.